The van der Waals surface area contributed by atoms with Gasteiger partial charge in [0.2, 0.25) is 0 Å². The highest BCUT2D eigenvalue weighted by molar-refractivity contribution is 5.34. The Morgan fingerprint density at radius 3 is 2.32 bits per heavy atom. The first-order valence-electron chi connectivity index (χ1n) is 14.8. The Hall–Kier alpha value is -0.340. The van der Waals surface area contributed by atoms with Crippen molar-refractivity contribution in [3.05, 3.63) is 11.6 Å². The van der Waals surface area contributed by atoms with E-state index >= 15 is 0 Å². The van der Waals surface area contributed by atoms with Crippen LogP contribution in [0, 0.1) is 56.7 Å². The van der Waals surface area contributed by atoms with Crippen LogP contribution >= 0.6 is 0 Å². The molecule has 0 heterocycles. The van der Waals surface area contributed by atoms with E-state index in [2.05, 4.69) is 66.9 Å². The van der Waals surface area contributed by atoms with Crippen molar-refractivity contribution >= 4 is 0 Å². The van der Waals surface area contributed by atoms with Crippen molar-refractivity contribution in [3.8, 4) is 0 Å². The van der Waals surface area contributed by atoms with E-state index in [0.29, 0.717) is 33.1 Å². The van der Waals surface area contributed by atoms with E-state index < -0.39 is 0 Å². The molecule has 0 spiro atoms. The highest BCUT2D eigenvalue weighted by atomic mass is 16.5. The molecule has 5 aliphatic rings. The summed E-state index contributed by atoms with van der Waals surface area (Å²) in [4.78, 5) is 0. The smallest absolute Gasteiger partial charge is 0.0524 e. The highest BCUT2D eigenvalue weighted by Crippen LogP contribution is 2.75. The van der Waals surface area contributed by atoms with E-state index in [-0.39, 0.29) is 0 Å². The molecule has 0 aromatic rings. The normalized spacial score (nSPS) is 54.2. The van der Waals surface area contributed by atoms with E-state index in [0.717, 1.165) is 36.2 Å². The number of allylic oxidation sites excluding steroid dienone is 2. The topological polar surface area (TPSA) is 21.3 Å². The average molecular weight is 470 g/mol. The molecule has 0 amide bonds. The largest absolute Gasteiger partial charge is 0.384 e. The first kappa shape index (κ1) is 25.3. The summed E-state index contributed by atoms with van der Waals surface area (Å²) in [6.45, 7) is 19.4. The van der Waals surface area contributed by atoms with E-state index in [1.165, 1.54) is 57.8 Å². The number of methoxy groups -OCH3 is 1. The highest BCUT2D eigenvalue weighted by Gasteiger charge is 2.68. The van der Waals surface area contributed by atoms with Crippen molar-refractivity contribution in [1.82, 2.24) is 5.32 Å². The maximum atomic E-state index is 5.97. The van der Waals surface area contributed by atoms with Gasteiger partial charge in [0.1, 0.15) is 0 Å². The predicted molar refractivity (Wildman–Crippen MR) is 144 cm³/mol. The fourth-order valence-corrected chi connectivity index (χ4v) is 11.7. The maximum absolute atomic E-state index is 5.97. The van der Waals surface area contributed by atoms with Crippen molar-refractivity contribution in [2.45, 2.75) is 112 Å². The van der Waals surface area contributed by atoms with Gasteiger partial charge in [-0.1, -0.05) is 60.1 Å². The van der Waals surface area contributed by atoms with Gasteiger partial charge in [0.05, 0.1) is 6.61 Å². The zero-order valence-corrected chi connectivity index (χ0v) is 24.0. The van der Waals surface area contributed by atoms with Gasteiger partial charge >= 0.3 is 0 Å². The van der Waals surface area contributed by atoms with E-state index in [1.54, 1.807) is 0 Å². The maximum Gasteiger partial charge on any atom is 0.0524 e. The van der Waals surface area contributed by atoms with Crippen LogP contribution in [0.1, 0.15) is 106 Å². The minimum Gasteiger partial charge on any atom is -0.384 e. The molecule has 34 heavy (non-hydrogen) atoms. The fourth-order valence-electron chi connectivity index (χ4n) is 11.7. The molecule has 4 saturated carbocycles. The van der Waals surface area contributed by atoms with E-state index in [9.17, 15) is 0 Å². The second kappa shape index (κ2) is 8.08. The van der Waals surface area contributed by atoms with Crippen LogP contribution in [-0.4, -0.2) is 26.8 Å². The third kappa shape index (κ3) is 3.06. The first-order chi connectivity index (χ1) is 15.9. The lowest BCUT2D eigenvalue weighted by atomic mass is 9.33. The van der Waals surface area contributed by atoms with Gasteiger partial charge in [0.15, 0.2) is 0 Å². The van der Waals surface area contributed by atoms with Crippen molar-refractivity contribution in [2.75, 3.05) is 20.8 Å². The SMILES string of the molecule is CN[C@H]1CC[C@@]2(C)C(CC[C@]3(C)C2CC=C2C4[C@@H](C)[C@H](C)CC[C@]4(COC)CC[C@]23C)C1(C)C. The first-order valence-corrected chi connectivity index (χ1v) is 14.8. The molecule has 1 N–H and O–H groups in total. The quantitative estimate of drug-likeness (QED) is 0.424. The van der Waals surface area contributed by atoms with Gasteiger partial charge in [-0.25, -0.2) is 0 Å². The monoisotopic (exact) mass is 469 g/mol. The Kier molecular flexibility index (Phi) is 6.01. The predicted octanol–water partition coefficient (Wildman–Crippen LogP) is 7.88. The molecular formula is C32H55NO. The molecule has 2 heteroatoms. The van der Waals surface area contributed by atoms with Gasteiger partial charge < -0.3 is 10.1 Å². The fraction of sp³-hybridized carbons (Fsp3) is 0.938. The Morgan fingerprint density at radius 1 is 0.912 bits per heavy atom. The molecule has 5 rings (SSSR count). The lowest BCUT2D eigenvalue weighted by molar-refractivity contribution is -0.190. The zero-order chi connectivity index (χ0) is 24.7. The summed E-state index contributed by atoms with van der Waals surface area (Å²) in [5.41, 5.74) is 3.86. The van der Waals surface area contributed by atoms with Gasteiger partial charge in [0.25, 0.3) is 0 Å². The third-order valence-corrected chi connectivity index (χ3v) is 14.0. The van der Waals surface area contributed by atoms with Crippen LogP contribution < -0.4 is 5.32 Å². The molecule has 0 aromatic heterocycles. The number of hydrogen-bond acceptors (Lipinski definition) is 2. The molecule has 2 nitrogen and oxygen atoms in total. The van der Waals surface area contributed by atoms with Crippen LogP contribution in [0.2, 0.25) is 0 Å². The Balaban J connectivity index is 1.58. The van der Waals surface area contributed by atoms with Gasteiger partial charge in [0, 0.05) is 18.6 Å². The van der Waals surface area contributed by atoms with Crippen molar-refractivity contribution in [2.24, 2.45) is 56.7 Å². The molecule has 0 saturated heterocycles. The summed E-state index contributed by atoms with van der Waals surface area (Å²) in [5.74, 6) is 3.96. The third-order valence-electron chi connectivity index (χ3n) is 14.0. The Bertz CT molecular complexity index is 831. The molecule has 0 radical (unpaired) electrons. The molecule has 5 aliphatic carbocycles. The van der Waals surface area contributed by atoms with Crippen LogP contribution in [0.3, 0.4) is 0 Å². The summed E-state index contributed by atoms with van der Waals surface area (Å²) >= 11 is 0. The lowest BCUT2D eigenvalue weighted by Gasteiger charge is -2.72. The molecule has 0 bridgehead atoms. The standard InChI is InChI=1S/C32H55NO/c1-21-12-17-32(20-34-9)19-18-30(6)23(27(32)22(21)2)10-11-25-29(5)15-14-26(33-8)28(3,4)24(29)13-16-31(25,30)7/h10,21-22,24-27,33H,11-20H2,1-9H3/t21-,22+,24?,25?,26+,27?,29+,30-,31-,32-/m1/s1. The molecule has 3 unspecified atom stereocenters. The Morgan fingerprint density at radius 2 is 1.65 bits per heavy atom. The van der Waals surface area contributed by atoms with Crippen LogP contribution in [-0.2, 0) is 4.74 Å². The summed E-state index contributed by atoms with van der Waals surface area (Å²) in [6.07, 6.45) is 15.2. The van der Waals surface area contributed by atoms with Crippen molar-refractivity contribution in [1.29, 1.82) is 0 Å². The van der Waals surface area contributed by atoms with Gasteiger partial charge in [-0.05, 0) is 116 Å². The molecule has 0 aromatic carbocycles. The Labute approximate surface area is 211 Å². The summed E-state index contributed by atoms with van der Waals surface area (Å²) < 4.78 is 5.97. The summed E-state index contributed by atoms with van der Waals surface area (Å²) in [7, 11) is 4.14. The van der Waals surface area contributed by atoms with Crippen LogP contribution in [0.25, 0.3) is 0 Å². The van der Waals surface area contributed by atoms with E-state index in [4.69, 9.17) is 4.74 Å². The summed E-state index contributed by atoms with van der Waals surface area (Å²) in [6, 6.07) is 0.661. The number of rotatable bonds is 3. The minimum absolute atomic E-state index is 0.348. The zero-order valence-electron chi connectivity index (χ0n) is 24.0. The minimum atomic E-state index is 0.348. The molecule has 194 valence electrons. The van der Waals surface area contributed by atoms with Crippen LogP contribution in [0.4, 0.5) is 0 Å². The number of fused-ring (bicyclic) bond motifs is 7. The second-order valence-corrected chi connectivity index (χ2v) is 15.1. The van der Waals surface area contributed by atoms with Crippen molar-refractivity contribution in [3.63, 3.8) is 0 Å². The van der Waals surface area contributed by atoms with Crippen LogP contribution in [0.15, 0.2) is 11.6 Å². The van der Waals surface area contributed by atoms with Gasteiger partial charge in [-0.15, -0.1) is 0 Å². The number of nitrogens with one attached hydrogen (secondary N) is 1. The number of ether oxygens (including phenoxy) is 1. The van der Waals surface area contributed by atoms with E-state index in [1.807, 2.05) is 12.7 Å². The van der Waals surface area contributed by atoms with Gasteiger partial charge in [-0.3, -0.25) is 0 Å². The number of hydrogen-bond donors (Lipinski definition) is 1. The summed E-state index contributed by atoms with van der Waals surface area (Å²) in [5, 5.41) is 3.71. The molecule has 4 fully saturated rings. The van der Waals surface area contributed by atoms with Crippen LogP contribution in [0.5, 0.6) is 0 Å². The van der Waals surface area contributed by atoms with Crippen molar-refractivity contribution < 1.29 is 4.74 Å². The molecular weight excluding hydrogens is 414 g/mol. The molecule has 0 aliphatic heterocycles. The lowest BCUT2D eigenvalue weighted by Crippen LogP contribution is -2.66. The molecule has 10 atom stereocenters. The second-order valence-electron chi connectivity index (χ2n) is 15.1. The van der Waals surface area contributed by atoms with Gasteiger partial charge in [-0.2, -0.15) is 0 Å². The average Bonchev–Trinajstić information content (AvgIpc) is 2.77.